The Balaban J connectivity index is 2.27. The van der Waals surface area contributed by atoms with E-state index in [1.54, 1.807) is 24.3 Å². The Hall–Kier alpha value is -1.59. The molecule has 1 aromatic rings. The summed E-state index contributed by atoms with van der Waals surface area (Å²) in [6.45, 7) is 3.83. The van der Waals surface area contributed by atoms with E-state index in [2.05, 4.69) is 5.32 Å². The van der Waals surface area contributed by atoms with Crippen molar-refractivity contribution < 1.29 is 19.4 Å². The van der Waals surface area contributed by atoms with Crippen molar-refractivity contribution in [3.05, 3.63) is 24.3 Å². The number of ether oxygens (including phenoxy) is 2. The summed E-state index contributed by atoms with van der Waals surface area (Å²) in [4.78, 5) is 11.6. The number of nitrogens with one attached hydrogen (secondary N) is 1. The first-order valence-corrected chi connectivity index (χ1v) is 6.97. The molecule has 0 unspecified atom stereocenters. The summed E-state index contributed by atoms with van der Waals surface area (Å²) in [6, 6.07) is 7.20. The molecule has 0 saturated heterocycles. The van der Waals surface area contributed by atoms with E-state index < -0.39 is 0 Å². The third-order valence-corrected chi connectivity index (χ3v) is 2.61. The predicted molar refractivity (Wildman–Crippen MR) is 78.0 cm³/mol. The standard InChI is InChI=1S/C15H23NO4/c1-2-19-11-3-5-15(18)16-13-6-8-14(9-7-13)20-12-4-10-17/h6-9,17H,2-5,10-12H2,1H3,(H,16,18). The molecule has 0 aliphatic carbocycles. The topological polar surface area (TPSA) is 67.8 Å². The number of aliphatic hydroxyl groups excluding tert-OH is 1. The number of anilines is 1. The molecule has 20 heavy (non-hydrogen) atoms. The zero-order valence-electron chi connectivity index (χ0n) is 11.9. The number of rotatable bonds is 10. The molecule has 0 aromatic heterocycles. The molecule has 0 fully saturated rings. The number of carbonyl (C=O) groups is 1. The molecule has 112 valence electrons. The number of aliphatic hydroxyl groups is 1. The van der Waals surface area contributed by atoms with E-state index in [0.29, 0.717) is 32.7 Å². The Kier molecular flexibility index (Phi) is 8.42. The molecule has 0 saturated carbocycles. The second kappa shape index (κ2) is 10.2. The van der Waals surface area contributed by atoms with Crippen molar-refractivity contribution in [3.63, 3.8) is 0 Å². The van der Waals surface area contributed by atoms with Crippen LogP contribution in [0.5, 0.6) is 5.75 Å². The summed E-state index contributed by atoms with van der Waals surface area (Å²) in [7, 11) is 0. The number of amides is 1. The van der Waals surface area contributed by atoms with E-state index in [1.165, 1.54) is 0 Å². The lowest BCUT2D eigenvalue weighted by molar-refractivity contribution is -0.116. The molecule has 1 rings (SSSR count). The summed E-state index contributed by atoms with van der Waals surface area (Å²) in [5, 5.41) is 11.5. The van der Waals surface area contributed by atoms with E-state index in [1.807, 2.05) is 6.92 Å². The van der Waals surface area contributed by atoms with E-state index in [0.717, 1.165) is 17.9 Å². The minimum Gasteiger partial charge on any atom is -0.494 e. The number of benzene rings is 1. The molecule has 2 N–H and O–H groups in total. The van der Waals surface area contributed by atoms with Crippen LogP contribution in [0.3, 0.4) is 0 Å². The van der Waals surface area contributed by atoms with Crippen molar-refractivity contribution >= 4 is 11.6 Å². The van der Waals surface area contributed by atoms with Crippen LogP contribution in [0.25, 0.3) is 0 Å². The van der Waals surface area contributed by atoms with Crippen molar-refractivity contribution in [2.24, 2.45) is 0 Å². The van der Waals surface area contributed by atoms with Gasteiger partial charge in [0, 0.05) is 38.3 Å². The summed E-state index contributed by atoms with van der Waals surface area (Å²) < 4.78 is 10.6. The van der Waals surface area contributed by atoms with Crippen molar-refractivity contribution in [1.82, 2.24) is 0 Å². The van der Waals surface area contributed by atoms with Gasteiger partial charge in [-0.15, -0.1) is 0 Å². The molecular formula is C15H23NO4. The van der Waals surface area contributed by atoms with Gasteiger partial charge in [0.15, 0.2) is 0 Å². The third kappa shape index (κ3) is 7.11. The van der Waals surface area contributed by atoms with Crippen molar-refractivity contribution in [2.45, 2.75) is 26.2 Å². The number of hydrogen-bond acceptors (Lipinski definition) is 4. The van der Waals surface area contributed by atoms with Crippen LogP contribution < -0.4 is 10.1 Å². The Morgan fingerprint density at radius 3 is 2.60 bits per heavy atom. The smallest absolute Gasteiger partial charge is 0.224 e. The fourth-order valence-corrected chi connectivity index (χ4v) is 1.59. The van der Waals surface area contributed by atoms with Gasteiger partial charge in [0.2, 0.25) is 5.91 Å². The lowest BCUT2D eigenvalue weighted by Gasteiger charge is -2.08. The van der Waals surface area contributed by atoms with E-state index in [4.69, 9.17) is 14.6 Å². The molecule has 5 heteroatoms. The zero-order valence-corrected chi connectivity index (χ0v) is 11.9. The largest absolute Gasteiger partial charge is 0.494 e. The fourth-order valence-electron chi connectivity index (χ4n) is 1.59. The first-order valence-electron chi connectivity index (χ1n) is 6.97. The van der Waals surface area contributed by atoms with E-state index >= 15 is 0 Å². The monoisotopic (exact) mass is 281 g/mol. The van der Waals surface area contributed by atoms with Gasteiger partial charge in [0.1, 0.15) is 5.75 Å². The minimum atomic E-state index is -0.0151. The van der Waals surface area contributed by atoms with Crippen LogP contribution in [0, 0.1) is 0 Å². The molecular weight excluding hydrogens is 258 g/mol. The Morgan fingerprint density at radius 2 is 1.95 bits per heavy atom. The number of hydrogen-bond donors (Lipinski definition) is 2. The summed E-state index contributed by atoms with van der Waals surface area (Å²) in [6.07, 6.45) is 1.79. The van der Waals surface area contributed by atoms with Gasteiger partial charge in [-0.25, -0.2) is 0 Å². The van der Waals surface area contributed by atoms with Gasteiger partial charge in [0.25, 0.3) is 0 Å². The van der Waals surface area contributed by atoms with Gasteiger partial charge in [-0.05, 0) is 37.6 Å². The summed E-state index contributed by atoms with van der Waals surface area (Å²) in [5.74, 6) is 0.714. The van der Waals surface area contributed by atoms with Crippen LogP contribution in [0.2, 0.25) is 0 Å². The molecule has 0 aliphatic rings. The molecule has 0 aliphatic heterocycles. The molecule has 1 amide bonds. The van der Waals surface area contributed by atoms with Gasteiger partial charge in [-0.3, -0.25) is 4.79 Å². The Morgan fingerprint density at radius 1 is 1.20 bits per heavy atom. The van der Waals surface area contributed by atoms with Gasteiger partial charge in [-0.1, -0.05) is 0 Å². The SMILES string of the molecule is CCOCCCC(=O)Nc1ccc(OCCCO)cc1. The van der Waals surface area contributed by atoms with Gasteiger partial charge in [-0.2, -0.15) is 0 Å². The van der Waals surface area contributed by atoms with Crippen LogP contribution in [-0.4, -0.2) is 37.4 Å². The summed E-state index contributed by atoms with van der Waals surface area (Å²) in [5.41, 5.74) is 0.751. The maximum Gasteiger partial charge on any atom is 0.224 e. The average Bonchev–Trinajstić information content (AvgIpc) is 2.46. The lowest BCUT2D eigenvalue weighted by Crippen LogP contribution is -2.12. The quantitative estimate of drug-likeness (QED) is 0.645. The van der Waals surface area contributed by atoms with Gasteiger partial charge >= 0.3 is 0 Å². The van der Waals surface area contributed by atoms with Crippen LogP contribution in [-0.2, 0) is 9.53 Å². The molecule has 0 bridgehead atoms. The second-order valence-corrected chi connectivity index (χ2v) is 4.30. The maximum absolute atomic E-state index is 11.6. The second-order valence-electron chi connectivity index (χ2n) is 4.30. The highest BCUT2D eigenvalue weighted by atomic mass is 16.5. The molecule has 5 nitrogen and oxygen atoms in total. The predicted octanol–water partition coefficient (Wildman–Crippen LogP) is 2.20. The average molecular weight is 281 g/mol. The van der Waals surface area contributed by atoms with Crippen LogP contribution in [0.1, 0.15) is 26.2 Å². The minimum absolute atomic E-state index is 0.0151. The molecule has 1 aromatic carbocycles. The number of carbonyl (C=O) groups excluding carboxylic acids is 1. The van der Waals surface area contributed by atoms with E-state index in [-0.39, 0.29) is 12.5 Å². The van der Waals surface area contributed by atoms with Crippen LogP contribution in [0.4, 0.5) is 5.69 Å². The fraction of sp³-hybridized carbons (Fsp3) is 0.533. The Labute approximate surface area is 119 Å². The summed E-state index contributed by atoms with van der Waals surface area (Å²) >= 11 is 0. The van der Waals surface area contributed by atoms with Crippen LogP contribution in [0.15, 0.2) is 24.3 Å². The maximum atomic E-state index is 11.6. The third-order valence-electron chi connectivity index (χ3n) is 2.61. The normalized spacial score (nSPS) is 10.3. The van der Waals surface area contributed by atoms with Gasteiger partial charge < -0.3 is 19.9 Å². The first-order chi connectivity index (χ1) is 9.76. The molecule has 0 radical (unpaired) electrons. The first kappa shape index (κ1) is 16.5. The van der Waals surface area contributed by atoms with Crippen molar-refractivity contribution in [3.8, 4) is 5.75 Å². The van der Waals surface area contributed by atoms with E-state index in [9.17, 15) is 4.79 Å². The van der Waals surface area contributed by atoms with Crippen molar-refractivity contribution in [2.75, 3.05) is 31.7 Å². The molecule has 0 spiro atoms. The highest BCUT2D eigenvalue weighted by molar-refractivity contribution is 5.90. The Bertz CT molecular complexity index is 378. The van der Waals surface area contributed by atoms with Crippen molar-refractivity contribution in [1.29, 1.82) is 0 Å². The highest BCUT2D eigenvalue weighted by Crippen LogP contribution is 2.16. The zero-order chi connectivity index (χ0) is 14.6. The lowest BCUT2D eigenvalue weighted by atomic mass is 10.2. The van der Waals surface area contributed by atoms with Gasteiger partial charge in [0.05, 0.1) is 6.61 Å². The molecule has 0 heterocycles. The highest BCUT2D eigenvalue weighted by Gasteiger charge is 2.02. The van der Waals surface area contributed by atoms with Crippen LogP contribution >= 0.6 is 0 Å². The molecule has 0 atom stereocenters.